The minimum atomic E-state index is 0.0105. The molecule has 0 bridgehead atoms. The van der Waals surface area contributed by atoms with Crippen molar-refractivity contribution >= 4 is 5.91 Å². The zero-order chi connectivity index (χ0) is 15.6. The highest BCUT2D eigenvalue weighted by Crippen LogP contribution is 2.37. The number of benzene rings is 1. The van der Waals surface area contributed by atoms with Gasteiger partial charge in [-0.1, -0.05) is 19.1 Å². The van der Waals surface area contributed by atoms with Gasteiger partial charge in [-0.2, -0.15) is 0 Å². The number of amides is 1. The second kappa shape index (κ2) is 6.29. The van der Waals surface area contributed by atoms with E-state index < -0.39 is 0 Å². The van der Waals surface area contributed by atoms with Crippen molar-refractivity contribution < 1.29 is 9.53 Å². The Morgan fingerprint density at radius 1 is 1.32 bits per heavy atom. The van der Waals surface area contributed by atoms with Crippen molar-refractivity contribution in [1.29, 1.82) is 0 Å². The summed E-state index contributed by atoms with van der Waals surface area (Å²) in [6.07, 6.45) is 5.04. The molecule has 22 heavy (non-hydrogen) atoms. The fourth-order valence-electron chi connectivity index (χ4n) is 4.25. The summed E-state index contributed by atoms with van der Waals surface area (Å²) >= 11 is 0. The first-order chi connectivity index (χ1) is 10.7. The van der Waals surface area contributed by atoms with E-state index in [-0.39, 0.29) is 11.4 Å². The quantitative estimate of drug-likeness (QED) is 0.930. The summed E-state index contributed by atoms with van der Waals surface area (Å²) in [7, 11) is 1.69. The second-order valence-corrected chi connectivity index (χ2v) is 6.55. The SMILES string of the molecule is CC[C@@H]1N(Cc2ccc(OC)cc2)CCC[C@@]12CCC(=O)N2. The molecule has 1 aromatic rings. The first kappa shape index (κ1) is 15.3. The maximum absolute atomic E-state index is 11.8. The van der Waals surface area contributed by atoms with Crippen LogP contribution in [0.1, 0.15) is 44.6 Å². The molecule has 2 atom stereocenters. The third-order valence-corrected chi connectivity index (χ3v) is 5.26. The molecule has 0 radical (unpaired) electrons. The topological polar surface area (TPSA) is 41.6 Å². The van der Waals surface area contributed by atoms with Crippen molar-refractivity contribution in [3.05, 3.63) is 29.8 Å². The summed E-state index contributed by atoms with van der Waals surface area (Å²) in [5.41, 5.74) is 1.32. The zero-order valence-electron chi connectivity index (χ0n) is 13.6. The Hall–Kier alpha value is -1.55. The van der Waals surface area contributed by atoms with Gasteiger partial charge in [-0.15, -0.1) is 0 Å². The summed E-state index contributed by atoms with van der Waals surface area (Å²) in [4.78, 5) is 14.3. The molecule has 0 aromatic heterocycles. The third kappa shape index (κ3) is 2.84. The molecule has 2 saturated heterocycles. The number of methoxy groups -OCH3 is 1. The van der Waals surface area contributed by atoms with Gasteiger partial charge < -0.3 is 10.1 Å². The molecule has 0 aliphatic carbocycles. The minimum Gasteiger partial charge on any atom is -0.497 e. The summed E-state index contributed by atoms with van der Waals surface area (Å²) in [6.45, 7) is 4.30. The van der Waals surface area contributed by atoms with E-state index in [0.29, 0.717) is 12.5 Å². The predicted octanol–water partition coefficient (Wildman–Crippen LogP) is 2.72. The Kier molecular flexibility index (Phi) is 4.39. The van der Waals surface area contributed by atoms with Gasteiger partial charge in [-0.3, -0.25) is 9.69 Å². The van der Waals surface area contributed by atoms with Crippen molar-refractivity contribution in [3.63, 3.8) is 0 Å². The molecular weight excluding hydrogens is 276 g/mol. The number of likely N-dealkylation sites (tertiary alicyclic amines) is 1. The van der Waals surface area contributed by atoms with Crippen molar-refractivity contribution in [3.8, 4) is 5.75 Å². The number of ether oxygens (including phenoxy) is 1. The van der Waals surface area contributed by atoms with Crippen LogP contribution in [0, 0.1) is 0 Å². The Morgan fingerprint density at radius 2 is 2.09 bits per heavy atom. The highest BCUT2D eigenvalue weighted by Gasteiger charge is 2.47. The normalized spacial score (nSPS) is 28.8. The number of carbonyl (C=O) groups excluding carboxylic acids is 1. The molecule has 4 nitrogen and oxygen atoms in total. The van der Waals surface area contributed by atoms with E-state index in [9.17, 15) is 4.79 Å². The maximum atomic E-state index is 11.8. The third-order valence-electron chi connectivity index (χ3n) is 5.26. The van der Waals surface area contributed by atoms with Gasteiger partial charge in [0.05, 0.1) is 12.6 Å². The molecule has 1 N–H and O–H groups in total. The maximum Gasteiger partial charge on any atom is 0.220 e. The Balaban J connectivity index is 1.75. The van der Waals surface area contributed by atoms with Gasteiger partial charge in [-0.05, 0) is 49.9 Å². The first-order valence-electron chi connectivity index (χ1n) is 8.35. The minimum absolute atomic E-state index is 0.0105. The molecule has 1 amide bonds. The Labute approximate surface area is 132 Å². The van der Waals surface area contributed by atoms with E-state index in [1.807, 2.05) is 12.1 Å². The fourth-order valence-corrected chi connectivity index (χ4v) is 4.25. The molecule has 1 aromatic carbocycles. The molecule has 3 rings (SSSR count). The van der Waals surface area contributed by atoms with Gasteiger partial charge in [-0.25, -0.2) is 0 Å². The lowest BCUT2D eigenvalue weighted by atomic mass is 9.78. The second-order valence-electron chi connectivity index (χ2n) is 6.55. The number of piperidine rings is 1. The summed E-state index contributed by atoms with van der Waals surface area (Å²) in [5, 5.41) is 3.30. The molecule has 2 fully saturated rings. The molecule has 2 aliphatic heterocycles. The van der Waals surface area contributed by atoms with Gasteiger partial charge in [0, 0.05) is 19.0 Å². The van der Waals surface area contributed by atoms with Gasteiger partial charge >= 0.3 is 0 Å². The van der Waals surface area contributed by atoms with E-state index >= 15 is 0 Å². The van der Waals surface area contributed by atoms with Crippen LogP contribution in [0.5, 0.6) is 5.75 Å². The average Bonchev–Trinajstić information content (AvgIpc) is 2.90. The molecule has 120 valence electrons. The van der Waals surface area contributed by atoms with Gasteiger partial charge in [0.2, 0.25) is 5.91 Å². The average molecular weight is 302 g/mol. The lowest BCUT2D eigenvalue weighted by molar-refractivity contribution is -0.120. The lowest BCUT2D eigenvalue weighted by Gasteiger charge is -2.48. The van der Waals surface area contributed by atoms with Gasteiger partial charge in [0.1, 0.15) is 5.75 Å². The zero-order valence-corrected chi connectivity index (χ0v) is 13.6. The van der Waals surface area contributed by atoms with E-state index in [4.69, 9.17) is 4.74 Å². The van der Waals surface area contributed by atoms with Crippen molar-refractivity contribution in [1.82, 2.24) is 10.2 Å². The predicted molar refractivity (Wildman–Crippen MR) is 86.8 cm³/mol. The van der Waals surface area contributed by atoms with Crippen LogP contribution < -0.4 is 10.1 Å². The summed E-state index contributed by atoms with van der Waals surface area (Å²) in [5.74, 6) is 1.12. The van der Waals surface area contributed by atoms with Gasteiger partial charge in [0.15, 0.2) is 0 Å². The van der Waals surface area contributed by atoms with E-state index in [1.54, 1.807) is 7.11 Å². The first-order valence-corrected chi connectivity index (χ1v) is 8.35. The van der Waals surface area contributed by atoms with Crippen LogP contribution in [0.15, 0.2) is 24.3 Å². The summed E-state index contributed by atoms with van der Waals surface area (Å²) in [6, 6.07) is 8.76. The smallest absolute Gasteiger partial charge is 0.220 e. The molecule has 4 heteroatoms. The van der Waals surface area contributed by atoms with Crippen LogP contribution in [-0.2, 0) is 11.3 Å². The molecule has 2 aliphatic rings. The Bertz CT molecular complexity index is 528. The van der Waals surface area contributed by atoms with E-state index in [1.165, 1.54) is 5.56 Å². The molecular formula is C18H26N2O2. The van der Waals surface area contributed by atoms with Crippen LogP contribution >= 0.6 is 0 Å². The Morgan fingerprint density at radius 3 is 2.68 bits per heavy atom. The lowest BCUT2D eigenvalue weighted by Crippen LogP contribution is -2.61. The number of nitrogens with zero attached hydrogens (tertiary/aromatic N) is 1. The number of rotatable bonds is 4. The van der Waals surface area contributed by atoms with E-state index in [0.717, 1.165) is 44.5 Å². The van der Waals surface area contributed by atoms with Crippen molar-refractivity contribution in [2.75, 3.05) is 13.7 Å². The van der Waals surface area contributed by atoms with Crippen LogP contribution in [0.4, 0.5) is 0 Å². The van der Waals surface area contributed by atoms with Crippen LogP contribution in [0.2, 0.25) is 0 Å². The molecule has 0 saturated carbocycles. The van der Waals surface area contributed by atoms with Gasteiger partial charge in [0.25, 0.3) is 0 Å². The monoisotopic (exact) mass is 302 g/mol. The molecule has 1 spiro atoms. The van der Waals surface area contributed by atoms with Crippen molar-refractivity contribution in [2.45, 2.75) is 57.2 Å². The largest absolute Gasteiger partial charge is 0.497 e. The van der Waals surface area contributed by atoms with Crippen LogP contribution in [-0.4, -0.2) is 36.0 Å². The van der Waals surface area contributed by atoms with E-state index in [2.05, 4.69) is 29.3 Å². The molecule has 2 heterocycles. The fraction of sp³-hybridized carbons (Fsp3) is 0.611. The molecule has 0 unspecified atom stereocenters. The number of nitrogens with one attached hydrogen (secondary N) is 1. The highest BCUT2D eigenvalue weighted by molar-refractivity contribution is 5.79. The standard InChI is InChI=1S/C18H26N2O2/c1-3-16-18(11-9-17(21)19-18)10-4-12-20(16)13-14-5-7-15(22-2)8-6-14/h5-8,16H,3-4,9-13H2,1-2H3,(H,19,21)/t16-,18+/m0/s1. The number of hydrogen-bond donors (Lipinski definition) is 1. The van der Waals surface area contributed by atoms with Crippen LogP contribution in [0.3, 0.4) is 0 Å². The summed E-state index contributed by atoms with van der Waals surface area (Å²) < 4.78 is 5.23. The van der Waals surface area contributed by atoms with Crippen LogP contribution in [0.25, 0.3) is 0 Å². The number of carbonyl (C=O) groups is 1. The highest BCUT2D eigenvalue weighted by atomic mass is 16.5. The van der Waals surface area contributed by atoms with Crippen molar-refractivity contribution in [2.24, 2.45) is 0 Å². The number of hydrogen-bond acceptors (Lipinski definition) is 3.